The molecule has 2 saturated carbocycles. The van der Waals surface area contributed by atoms with E-state index in [2.05, 4.69) is 56.6 Å². The van der Waals surface area contributed by atoms with Crippen LogP contribution >= 0.6 is 0 Å². The lowest BCUT2D eigenvalue weighted by Crippen LogP contribution is -2.34. The zero-order chi connectivity index (χ0) is 52.9. The van der Waals surface area contributed by atoms with Crippen LogP contribution in [-0.4, -0.2) is 88.0 Å². The predicted molar refractivity (Wildman–Crippen MR) is 293 cm³/mol. The lowest BCUT2D eigenvalue weighted by atomic mass is 9.88. The van der Waals surface area contributed by atoms with Gasteiger partial charge in [0.2, 0.25) is 0 Å². The number of carbonyl (C=O) groups is 2. The molecule has 0 bridgehead atoms. The fraction of sp³-hybridized carbons (Fsp3) is 0.452. The Kier molecular flexibility index (Phi) is 16.1. The summed E-state index contributed by atoms with van der Waals surface area (Å²) in [5.74, 6) is 3.89. The molecule has 13 nitrogen and oxygen atoms in total. The van der Waals surface area contributed by atoms with Crippen LogP contribution in [-0.2, 0) is 26.9 Å². The molecule has 2 saturated heterocycles. The maximum Gasteiger partial charge on any atom is 0.167 e. The molecule has 13 heteroatoms. The topological polar surface area (TPSA) is 152 Å². The molecule has 6 heterocycles. The van der Waals surface area contributed by atoms with Gasteiger partial charge in [-0.2, -0.15) is 10.5 Å². The molecule has 75 heavy (non-hydrogen) atoms. The van der Waals surface area contributed by atoms with Gasteiger partial charge in [-0.25, -0.2) is 9.97 Å². The standard InChI is InChI=1S/C31H36N4O3.C31H36N4O2/c1-20(22-7-5-6-8-22)35-11-9-23(10-12-35)27-19-34(2)31-29(27)30(38-4)25(18-33-31)16-28(36)24-13-21(17-32)14-26(15-24)37-3;1-20-9-10-24(15-25(20)17-32)28(36)16-26-18-33-31-29(30(26)37-4)27(19-34(31)3)23-11-13-35(14-12-23)21(2)22-7-5-6-8-22/h13-15,18-19,22-23H,1,5-12,16H2,2-4H3;9-10,15,18-19,22-23H,2,5-8,11-14,16H2,1,3-4H3. The highest BCUT2D eigenvalue weighted by Crippen LogP contribution is 2.44. The zero-order valence-electron chi connectivity index (χ0n) is 44.8. The number of allylic oxidation sites excluding steroid dienone is 2. The summed E-state index contributed by atoms with van der Waals surface area (Å²) in [5, 5.41) is 20.7. The van der Waals surface area contributed by atoms with Gasteiger partial charge in [-0.1, -0.05) is 51.0 Å². The van der Waals surface area contributed by atoms with Crippen LogP contribution in [0, 0.1) is 41.4 Å². The van der Waals surface area contributed by atoms with Crippen LogP contribution in [0.15, 0.2) is 85.7 Å². The molecular formula is C62H72N8O5. The number of fused-ring (bicyclic) bond motifs is 2. The summed E-state index contributed by atoms with van der Waals surface area (Å²) in [6.45, 7) is 14.9. The lowest BCUT2D eigenvalue weighted by Gasteiger charge is -2.37. The van der Waals surface area contributed by atoms with E-state index in [1.807, 2.05) is 27.1 Å². The fourth-order valence-corrected chi connectivity index (χ4v) is 12.5. The largest absolute Gasteiger partial charge is 0.497 e. The quantitative estimate of drug-likeness (QED) is 0.0904. The fourth-order valence-electron chi connectivity index (χ4n) is 12.5. The van der Waals surface area contributed by atoms with Crippen molar-refractivity contribution in [3.63, 3.8) is 0 Å². The molecule has 2 aliphatic heterocycles. The van der Waals surface area contributed by atoms with E-state index in [0.29, 0.717) is 57.4 Å². The Balaban J connectivity index is 0.000000184. The van der Waals surface area contributed by atoms with Gasteiger partial charge in [-0.05, 0) is 123 Å². The number of nitrogens with zero attached hydrogens (tertiary/aromatic N) is 8. The summed E-state index contributed by atoms with van der Waals surface area (Å²) in [6.07, 6.45) is 22.8. The number of nitriles is 2. The van der Waals surface area contributed by atoms with E-state index in [4.69, 9.17) is 24.2 Å². The number of aromatic nitrogens is 4. The second-order valence-electron chi connectivity index (χ2n) is 21.3. The number of methoxy groups -OCH3 is 3. The molecule has 4 fully saturated rings. The predicted octanol–water partition coefficient (Wildman–Crippen LogP) is 11.8. The third-order valence-electron chi connectivity index (χ3n) is 16.8. The molecule has 0 amide bonds. The molecule has 0 unspecified atom stereocenters. The van der Waals surface area contributed by atoms with E-state index in [-0.39, 0.29) is 24.4 Å². The van der Waals surface area contributed by atoms with Crippen molar-refractivity contribution in [2.75, 3.05) is 47.5 Å². The molecule has 0 radical (unpaired) electrons. The molecule has 2 aromatic carbocycles. The third kappa shape index (κ3) is 10.9. The second-order valence-corrected chi connectivity index (χ2v) is 21.3. The first-order valence-electron chi connectivity index (χ1n) is 26.9. The van der Waals surface area contributed by atoms with Crippen molar-refractivity contribution >= 4 is 33.6 Å². The second kappa shape index (κ2) is 23.0. The number of piperidine rings is 2. The number of carbonyl (C=O) groups excluding carboxylic acids is 2. The number of rotatable bonds is 15. The number of ketones is 2. The van der Waals surface area contributed by atoms with Crippen LogP contribution in [0.2, 0.25) is 0 Å². The van der Waals surface area contributed by atoms with E-state index in [1.54, 1.807) is 56.9 Å². The van der Waals surface area contributed by atoms with Crippen molar-refractivity contribution in [2.45, 2.75) is 109 Å². The highest BCUT2D eigenvalue weighted by atomic mass is 16.5. The van der Waals surface area contributed by atoms with Crippen molar-refractivity contribution in [3.8, 4) is 29.4 Å². The smallest absolute Gasteiger partial charge is 0.167 e. The molecule has 0 atom stereocenters. The summed E-state index contributed by atoms with van der Waals surface area (Å²) in [5.41, 5.74) is 11.2. The first-order valence-corrected chi connectivity index (χ1v) is 26.9. The SMILES string of the molecule is C=C(C1CCCC1)N1CCC(c2cn(C)c3ncc(CC(=O)c4cc(C#N)cc(OC)c4)c(OC)c23)CC1.C=C(C1CCCC1)N1CCC(c2cn(C)c3ncc(CC(=O)c4ccc(C)c(C#N)c4)c(OC)c23)CC1. The van der Waals surface area contributed by atoms with E-state index in [9.17, 15) is 20.1 Å². The number of hydrogen-bond donors (Lipinski definition) is 0. The molecular weight excluding hydrogens is 937 g/mol. The van der Waals surface area contributed by atoms with Crippen molar-refractivity contribution in [1.29, 1.82) is 10.5 Å². The number of ether oxygens (including phenoxy) is 3. The van der Waals surface area contributed by atoms with E-state index in [0.717, 1.165) is 96.4 Å². The summed E-state index contributed by atoms with van der Waals surface area (Å²) in [4.78, 5) is 41.0. The lowest BCUT2D eigenvalue weighted by molar-refractivity contribution is 0.0984. The monoisotopic (exact) mass is 1010 g/mol. The third-order valence-corrected chi connectivity index (χ3v) is 16.8. The van der Waals surface area contributed by atoms with Gasteiger partial charge in [0.15, 0.2) is 11.6 Å². The minimum absolute atomic E-state index is 0.0489. The molecule has 390 valence electrons. The number of Topliss-reactive ketones (excluding diaryl/α,β-unsaturated/α-hetero) is 2. The maximum absolute atomic E-state index is 13.3. The van der Waals surface area contributed by atoms with Gasteiger partial charge in [0.25, 0.3) is 0 Å². The van der Waals surface area contributed by atoms with Gasteiger partial charge in [0.05, 0.1) is 55.4 Å². The van der Waals surface area contributed by atoms with Gasteiger partial charge in [0, 0.05) is 112 Å². The highest BCUT2D eigenvalue weighted by molar-refractivity contribution is 6.01. The minimum atomic E-state index is -0.115. The maximum atomic E-state index is 13.3. The van der Waals surface area contributed by atoms with Crippen LogP contribution in [0.5, 0.6) is 17.2 Å². The van der Waals surface area contributed by atoms with Gasteiger partial charge >= 0.3 is 0 Å². The normalized spacial score (nSPS) is 16.6. The molecule has 2 aliphatic carbocycles. The van der Waals surface area contributed by atoms with Crippen molar-refractivity contribution in [2.24, 2.45) is 25.9 Å². The number of hydrogen-bond acceptors (Lipinski definition) is 11. The summed E-state index contributed by atoms with van der Waals surface area (Å²) in [7, 11) is 8.90. The first-order chi connectivity index (χ1) is 36.3. The Morgan fingerprint density at radius 3 is 1.52 bits per heavy atom. The molecule has 6 aromatic rings. The molecule has 10 rings (SSSR count). The molecule has 4 aliphatic rings. The van der Waals surface area contributed by atoms with E-state index >= 15 is 0 Å². The Bertz CT molecular complexity index is 3210. The van der Waals surface area contributed by atoms with Crippen molar-refractivity contribution < 1.29 is 23.8 Å². The van der Waals surface area contributed by atoms with Crippen LogP contribution in [0.4, 0.5) is 0 Å². The van der Waals surface area contributed by atoms with Gasteiger partial charge in [0.1, 0.15) is 28.5 Å². The average Bonchev–Trinajstić information content (AvgIpc) is 4.29. The number of aryl methyl sites for hydroxylation is 3. The summed E-state index contributed by atoms with van der Waals surface area (Å²) in [6, 6.07) is 14.5. The van der Waals surface area contributed by atoms with E-state index in [1.165, 1.54) is 81.0 Å². The van der Waals surface area contributed by atoms with Crippen LogP contribution < -0.4 is 14.2 Å². The Labute approximate surface area is 442 Å². The zero-order valence-corrected chi connectivity index (χ0v) is 44.8. The minimum Gasteiger partial charge on any atom is -0.497 e. The van der Waals surface area contributed by atoms with Crippen LogP contribution in [0.3, 0.4) is 0 Å². The summed E-state index contributed by atoms with van der Waals surface area (Å²) < 4.78 is 21.3. The highest BCUT2D eigenvalue weighted by Gasteiger charge is 2.32. The molecule has 4 aromatic heterocycles. The Morgan fingerprint density at radius 1 is 0.627 bits per heavy atom. The van der Waals surface area contributed by atoms with Crippen molar-refractivity contribution in [3.05, 3.63) is 136 Å². The molecule has 0 N–H and O–H groups in total. The average molecular weight is 1010 g/mol. The number of likely N-dealkylation sites (tertiary alicyclic amines) is 2. The van der Waals surface area contributed by atoms with Crippen LogP contribution in [0.25, 0.3) is 22.1 Å². The number of benzene rings is 2. The van der Waals surface area contributed by atoms with Crippen molar-refractivity contribution in [1.82, 2.24) is 28.9 Å². The Morgan fingerprint density at radius 2 is 1.09 bits per heavy atom. The first kappa shape index (κ1) is 52.5. The van der Waals surface area contributed by atoms with Gasteiger partial charge in [-0.15, -0.1) is 0 Å². The van der Waals surface area contributed by atoms with E-state index < -0.39 is 0 Å². The van der Waals surface area contributed by atoms with Gasteiger partial charge < -0.3 is 33.1 Å². The summed E-state index contributed by atoms with van der Waals surface area (Å²) >= 11 is 0. The van der Waals surface area contributed by atoms with Crippen LogP contribution in [0.1, 0.15) is 149 Å². The number of pyridine rings is 2. The molecule has 0 spiro atoms. The Hall–Kier alpha value is -7.38. The van der Waals surface area contributed by atoms with Gasteiger partial charge in [-0.3, -0.25) is 9.59 Å².